The van der Waals surface area contributed by atoms with Gasteiger partial charge < -0.3 is 10.2 Å². The zero-order valence-electron chi connectivity index (χ0n) is 9.66. The zero-order chi connectivity index (χ0) is 13.1. The van der Waals surface area contributed by atoms with E-state index >= 15 is 0 Å². The molecular formula is C14H8N2O3. The fraction of sp³-hybridized carbons (Fsp3) is 0. The Hall–Kier alpha value is -2.82. The van der Waals surface area contributed by atoms with Crippen LogP contribution in [0.1, 0.15) is 0 Å². The highest BCUT2D eigenvalue weighted by molar-refractivity contribution is 6.14. The summed E-state index contributed by atoms with van der Waals surface area (Å²) < 4.78 is 1.39. The topological polar surface area (TPSA) is 74.8 Å². The summed E-state index contributed by atoms with van der Waals surface area (Å²) in [6, 6.07) is 9.18. The van der Waals surface area contributed by atoms with Crippen LogP contribution in [0.2, 0.25) is 0 Å². The van der Waals surface area contributed by atoms with E-state index in [4.69, 9.17) is 0 Å². The predicted molar refractivity (Wildman–Crippen MR) is 71.0 cm³/mol. The summed E-state index contributed by atoms with van der Waals surface area (Å²) in [5.74, 6) is -1.14. The molecule has 0 saturated carbocycles. The van der Waals surface area contributed by atoms with Crippen LogP contribution in [0.3, 0.4) is 0 Å². The van der Waals surface area contributed by atoms with E-state index in [0.29, 0.717) is 11.0 Å². The van der Waals surface area contributed by atoms with Crippen LogP contribution < -0.4 is 5.56 Å². The van der Waals surface area contributed by atoms with Crippen LogP contribution in [0, 0.1) is 0 Å². The lowest BCUT2D eigenvalue weighted by molar-refractivity contribution is 0.401. The Balaban J connectivity index is 2.55. The van der Waals surface area contributed by atoms with Gasteiger partial charge >= 0.3 is 5.56 Å². The fourth-order valence-corrected chi connectivity index (χ4v) is 2.62. The van der Waals surface area contributed by atoms with E-state index in [1.165, 1.54) is 4.40 Å². The molecule has 5 nitrogen and oxygen atoms in total. The van der Waals surface area contributed by atoms with Crippen molar-refractivity contribution in [2.24, 2.45) is 0 Å². The van der Waals surface area contributed by atoms with Gasteiger partial charge in [0.2, 0.25) is 5.75 Å². The van der Waals surface area contributed by atoms with Crippen molar-refractivity contribution in [3.05, 3.63) is 46.9 Å². The molecule has 0 saturated heterocycles. The van der Waals surface area contributed by atoms with Gasteiger partial charge in [-0.2, -0.15) is 0 Å². The second-order valence-electron chi connectivity index (χ2n) is 4.41. The lowest BCUT2D eigenvalue weighted by atomic mass is 10.2. The molecule has 0 radical (unpaired) electrons. The molecule has 92 valence electrons. The third-order valence-corrected chi connectivity index (χ3v) is 3.44. The third-order valence-electron chi connectivity index (χ3n) is 3.44. The Morgan fingerprint density at radius 3 is 2.63 bits per heavy atom. The molecule has 0 amide bonds. The van der Waals surface area contributed by atoms with E-state index in [-0.39, 0.29) is 5.52 Å². The zero-order valence-corrected chi connectivity index (χ0v) is 9.66. The van der Waals surface area contributed by atoms with Gasteiger partial charge in [-0.1, -0.05) is 18.2 Å². The predicted octanol–water partition coefficient (Wildman–Crippen LogP) is 1.85. The number of benzene rings is 1. The molecule has 4 rings (SSSR count). The molecule has 0 spiro atoms. The largest absolute Gasteiger partial charge is 0.503 e. The Labute approximate surface area is 106 Å². The van der Waals surface area contributed by atoms with Gasteiger partial charge in [0, 0.05) is 17.0 Å². The van der Waals surface area contributed by atoms with Gasteiger partial charge in [-0.3, -0.25) is 14.2 Å². The highest BCUT2D eigenvalue weighted by Gasteiger charge is 2.20. The van der Waals surface area contributed by atoms with Gasteiger partial charge in [0.1, 0.15) is 5.52 Å². The highest BCUT2D eigenvalue weighted by Crippen LogP contribution is 2.36. The number of hydrogen-bond acceptors (Lipinski definition) is 4. The number of pyridine rings is 2. The molecule has 0 aliphatic heterocycles. The molecule has 2 N–H and O–H groups in total. The molecular weight excluding hydrogens is 244 g/mol. The quantitative estimate of drug-likeness (QED) is 0.501. The van der Waals surface area contributed by atoms with E-state index in [0.717, 1.165) is 10.8 Å². The number of hydrogen-bond donors (Lipinski definition) is 2. The first-order valence-electron chi connectivity index (χ1n) is 5.75. The van der Waals surface area contributed by atoms with Gasteiger partial charge in [-0.15, -0.1) is 0 Å². The molecule has 3 aromatic heterocycles. The van der Waals surface area contributed by atoms with Crippen molar-refractivity contribution in [1.82, 2.24) is 9.38 Å². The number of aromatic nitrogens is 2. The summed E-state index contributed by atoms with van der Waals surface area (Å²) in [6.07, 6.45) is 1.55. The van der Waals surface area contributed by atoms with Crippen molar-refractivity contribution in [3.8, 4) is 11.5 Å². The van der Waals surface area contributed by atoms with E-state index in [9.17, 15) is 15.0 Å². The van der Waals surface area contributed by atoms with Gasteiger partial charge in [-0.25, -0.2) is 0 Å². The third kappa shape index (κ3) is 1.05. The van der Waals surface area contributed by atoms with Gasteiger partial charge in [-0.05, 0) is 12.1 Å². The van der Waals surface area contributed by atoms with E-state index in [1.807, 2.05) is 18.2 Å². The van der Waals surface area contributed by atoms with Crippen molar-refractivity contribution in [2.75, 3.05) is 0 Å². The molecule has 5 heteroatoms. The Morgan fingerprint density at radius 2 is 1.79 bits per heavy atom. The Kier molecular flexibility index (Phi) is 1.67. The van der Waals surface area contributed by atoms with Crippen molar-refractivity contribution < 1.29 is 10.2 Å². The second kappa shape index (κ2) is 3.14. The SMILES string of the molecule is O=c1c(O)c(O)c2nccc3c4ccccc4n1c23. The normalized spacial score (nSPS) is 11.8. The van der Waals surface area contributed by atoms with Gasteiger partial charge in [0.05, 0.1) is 11.0 Å². The first-order chi connectivity index (χ1) is 9.20. The summed E-state index contributed by atoms with van der Waals surface area (Å²) in [4.78, 5) is 16.2. The molecule has 0 fully saturated rings. The second-order valence-corrected chi connectivity index (χ2v) is 4.41. The number of fused-ring (bicyclic) bond motifs is 3. The smallest absolute Gasteiger partial charge is 0.301 e. The average molecular weight is 252 g/mol. The molecule has 0 atom stereocenters. The van der Waals surface area contributed by atoms with Crippen LogP contribution in [0.4, 0.5) is 0 Å². The van der Waals surface area contributed by atoms with Crippen molar-refractivity contribution in [3.63, 3.8) is 0 Å². The molecule has 1 aromatic carbocycles. The van der Waals surface area contributed by atoms with Gasteiger partial charge in [0.25, 0.3) is 0 Å². The lowest BCUT2D eigenvalue weighted by Crippen LogP contribution is -2.12. The van der Waals surface area contributed by atoms with Crippen LogP contribution >= 0.6 is 0 Å². The fourth-order valence-electron chi connectivity index (χ4n) is 2.62. The van der Waals surface area contributed by atoms with E-state index in [2.05, 4.69) is 4.98 Å². The summed E-state index contributed by atoms with van der Waals surface area (Å²) in [5.41, 5.74) is 0.815. The standard InChI is InChI=1S/C14H8N2O3/c17-12-10-11-8(5-6-15-10)7-3-1-2-4-9(7)16(11)14(19)13(12)18/h1-6,17-18H. The van der Waals surface area contributed by atoms with Crippen LogP contribution in [0.25, 0.3) is 27.3 Å². The molecule has 0 unspecified atom stereocenters. The van der Waals surface area contributed by atoms with E-state index in [1.54, 1.807) is 18.3 Å². The van der Waals surface area contributed by atoms with Crippen molar-refractivity contribution in [1.29, 1.82) is 0 Å². The molecule has 0 bridgehead atoms. The van der Waals surface area contributed by atoms with Crippen molar-refractivity contribution >= 4 is 27.3 Å². The minimum Gasteiger partial charge on any atom is -0.503 e. The number of para-hydroxylation sites is 1. The minimum absolute atomic E-state index is 0.228. The van der Waals surface area contributed by atoms with Crippen molar-refractivity contribution in [2.45, 2.75) is 0 Å². The molecule has 0 aliphatic rings. The first-order valence-corrected chi connectivity index (χ1v) is 5.75. The maximum atomic E-state index is 12.2. The van der Waals surface area contributed by atoms with Crippen LogP contribution in [0.15, 0.2) is 41.3 Å². The maximum absolute atomic E-state index is 12.2. The number of aromatic hydroxyl groups is 2. The average Bonchev–Trinajstić information content (AvgIpc) is 2.78. The molecule has 4 aromatic rings. The van der Waals surface area contributed by atoms with Crippen LogP contribution in [-0.2, 0) is 0 Å². The number of nitrogens with zero attached hydrogens (tertiary/aromatic N) is 2. The van der Waals surface area contributed by atoms with Crippen LogP contribution in [-0.4, -0.2) is 19.6 Å². The van der Waals surface area contributed by atoms with E-state index < -0.39 is 17.1 Å². The Bertz CT molecular complexity index is 1000. The maximum Gasteiger partial charge on any atom is 0.301 e. The minimum atomic E-state index is -0.672. The summed E-state index contributed by atoms with van der Waals surface area (Å²) in [7, 11) is 0. The molecule has 19 heavy (non-hydrogen) atoms. The van der Waals surface area contributed by atoms with Gasteiger partial charge in [0.15, 0.2) is 5.75 Å². The molecule has 0 aliphatic carbocycles. The summed E-state index contributed by atoms with van der Waals surface area (Å²) >= 11 is 0. The highest BCUT2D eigenvalue weighted by atomic mass is 16.3. The number of rotatable bonds is 0. The Morgan fingerprint density at radius 1 is 1.00 bits per heavy atom. The lowest BCUT2D eigenvalue weighted by Gasteiger charge is -2.03. The van der Waals surface area contributed by atoms with Crippen LogP contribution in [0.5, 0.6) is 11.5 Å². The molecule has 3 heterocycles. The summed E-state index contributed by atoms with van der Waals surface area (Å²) in [6.45, 7) is 0. The monoisotopic (exact) mass is 252 g/mol. The first kappa shape index (κ1) is 10.1. The summed E-state index contributed by atoms with van der Waals surface area (Å²) in [5, 5.41) is 21.3.